The summed E-state index contributed by atoms with van der Waals surface area (Å²) in [6.07, 6.45) is 10.1. The van der Waals surface area contributed by atoms with Gasteiger partial charge in [-0.2, -0.15) is 0 Å². The number of hydrogen-bond acceptors (Lipinski definition) is 3. The number of amides is 2. The minimum absolute atomic E-state index is 0.00979. The van der Waals surface area contributed by atoms with Crippen LogP contribution in [0.4, 0.5) is 4.79 Å². The Balaban J connectivity index is 1.39. The molecule has 2 aromatic rings. The molecule has 7 nitrogen and oxygen atoms in total. The van der Waals surface area contributed by atoms with E-state index in [1.165, 1.54) is 12.8 Å². The van der Waals surface area contributed by atoms with Crippen LogP contribution in [0.1, 0.15) is 55.5 Å². The predicted molar refractivity (Wildman–Crippen MR) is 94.3 cm³/mol. The summed E-state index contributed by atoms with van der Waals surface area (Å²) in [5.74, 6) is 2.54. The second-order valence-electron chi connectivity index (χ2n) is 7.21. The molecule has 0 saturated carbocycles. The van der Waals surface area contributed by atoms with Crippen molar-refractivity contribution < 1.29 is 4.79 Å². The maximum Gasteiger partial charge on any atom is 0.317 e. The van der Waals surface area contributed by atoms with Crippen LogP contribution in [0.5, 0.6) is 0 Å². The van der Waals surface area contributed by atoms with E-state index in [9.17, 15) is 4.79 Å². The van der Waals surface area contributed by atoms with Gasteiger partial charge >= 0.3 is 6.03 Å². The Bertz CT molecular complexity index is 763. The number of carbonyl (C=O) groups excluding carboxylic acids is 1. The van der Waals surface area contributed by atoms with Crippen molar-refractivity contribution in [3.05, 3.63) is 35.9 Å². The fourth-order valence-electron chi connectivity index (χ4n) is 4.06. The molecule has 1 fully saturated rings. The van der Waals surface area contributed by atoms with Gasteiger partial charge in [-0.3, -0.25) is 0 Å². The van der Waals surface area contributed by atoms with Gasteiger partial charge < -0.3 is 19.4 Å². The van der Waals surface area contributed by atoms with E-state index in [2.05, 4.69) is 19.9 Å². The molecule has 1 N–H and O–H groups in total. The smallest absolute Gasteiger partial charge is 0.317 e. The summed E-state index contributed by atoms with van der Waals surface area (Å²) in [6.45, 7) is 4.56. The van der Waals surface area contributed by atoms with Gasteiger partial charge in [-0.1, -0.05) is 0 Å². The highest BCUT2D eigenvalue weighted by molar-refractivity contribution is 5.75. The van der Waals surface area contributed by atoms with Crippen LogP contribution in [-0.4, -0.2) is 43.1 Å². The largest absolute Gasteiger partial charge is 0.338 e. The Morgan fingerprint density at radius 1 is 1.32 bits per heavy atom. The third kappa shape index (κ3) is 3.03. The molecular formula is C18H26N6O. The predicted octanol–water partition coefficient (Wildman–Crippen LogP) is 2.21. The van der Waals surface area contributed by atoms with Gasteiger partial charge in [0.1, 0.15) is 11.6 Å². The molecule has 1 saturated heterocycles. The fraction of sp³-hybridized carbons (Fsp3) is 0.611. The third-order valence-electron chi connectivity index (χ3n) is 5.48. The third-order valence-corrected chi connectivity index (χ3v) is 5.48. The first-order valence-corrected chi connectivity index (χ1v) is 9.20. The average molecular weight is 342 g/mol. The summed E-state index contributed by atoms with van der Waals surface area (Å²) in [5, 5.41) is 3.15. The van der Waals surface area contributed by atoms with Crippen molar-refractivity contribution in [2.24, 2.45) is 7.05 Å². The first-order chi connectivity index (χ1) is 12.1. The molecule has 4 heterocycles. The van der Waals surface area contributed by atoms with Crippen molar-refractivity contribution in [3.63, 3.8) is 0 Å². The lowest BCUT2D eigenvalue weighted by Crippen LogP contribution is -2.40. The maximum atomic E-state index is 12.7. The number of likely N-dealkylation sites (tertiary alicyclic amines) is 1. The van der Waals surface area contributed by atoms with Crippen LogP contribution in [0, 0.1) is 0 Å². The summed E-state index contributed by atoms with van der Waals surface area (Å²) in [4.78, 5) is 23.5. The Morgan fingerprint density at radius 3 is 3.00 bits per heavy atom. The highest BCUT2D eigenvalue weighted by atomic mass is 16.2. The zero-order chi connectivity index (χ0) is 17.4. The first kappa shape index (κ1) is 16.2. The van der Waals surface area contributed by atoms with Crippen LogP contribution in [0.3, 0.4) is 0 Å². The van der Waals surface area contributed by atoms with Gasteiger partial charge in [-0.05, 0) is 26.2 Å². The van der Waals surface area contributed by atoms with Crippen molar-refractivity contribution in [2.45, 2.75) is 51.1 Å². The van der Waals surface area contributed by atoms with Gasteiger partial charge in [-0.25, -0.2) is 14.8 Å². The monoisotopic (exact) mass is 342 g/mol. The lowest BCUT2D eigenvalue weighted by atomic mass is 10.1. The number of aryl methyl sites for hydroxylation is 2. The van der Waals surface area contributed by atoms with Crippen LogP contribution >= 0.6 is 0 Å². The van der Waals surface area contributed by atoms with Crippen LogP contribution in [0.2, 0.25) is 0 Å². The lowest BCUT2D eigenvalue weighted by Gasteiger charge is -2.23. The second-order valence-corrected chi connectivity index (χ2v) is 7.21. The topological polar surface area (TPSA) is 68.0 Å². The summed E-state index contributed by atoms with van der Waals surface area (Å²) in [5.41, 5.74) is 1.11. The molecule has 2 aliphatic heterocycles. The molecule has 134 valence electrons. The van der Waals surface area contributed by atoms with E-state index in [1.54, 1.807) is 0 Å². The van der Waals surface area contributed by atoms with Crippen molar-refractivity contribution in [1.82, 2.24) is 29.3 Å². The Kier molecular flexibility index (Phi) is 4.23. The molecule has 7 heteroatoms. The summed E-state index contributed by atoms with van der Waals surface area (Å²) >= 11 is 0. The fourth-order valence-corrected chi connectivity index (χ4v) is 4.06. The van der Waals surface area contributed by atoms with Crippen LogP contribution in [-0.2, 0) is 20.0 Å². The number of rotatable bonds is 3. The van der Waals surface area contributed by atoms with Gasteiger partial charge in [0.2, 0.25) is 0 Å². The summed E-state index contributed by atoms with van der Waals surface area (Å²) < 4.78 is 4.32. The van der Waals surface area contributed by atoms with Crippen molar-refractivity contribution in [2.75, 3.05) is 13.1 Å². The molecule has 2 atom stereocenters. The van der Waals surface area contributed by atoms with Crippen LogP contribution in [0.25, 0.3) is 0 Å². The van der Waals surface area contributed by atoms with E-state index < -0.39 is 0 Å². The van der Waals surface area contributed by atoms with Gasteiger partial charge in [0.25, 0.3) is 0 Å². The number of nitrogens with zero attached hydrogens (tertiary/aromatic N) is 5. The van der Waals surface area contributed by atoms with Crippen LogP contribution in [0.15, 0.2) is 18.6 Å². The molecule has 2 aromatic heterocycles. The molecule has 0 spiro atoms. The molecule has 2 aliphatic rings. The summed E-state index contributed by atoms with van der Waals surface area (Å²) in [7, 11) is 2.01. The van der Waals surface area contributed by atoms with E-state index in [0.29, 0.717) is 5.92 Å². The number of urea groups is 1. The Labute approximate surface area is 148 Å². The minimum Gasteiger partial charge on any atom is -0.338 e. The normalized spacial score (nSPS) is 21.2. The minimum atomic E-state index is -0.0286. The van der Waals surface area contributed by atoms with E-state index in [0.717, 1.165) is 49.8 Å². The van der Waals surface area contributed by atoms with Crippen LogP contribution < -0.4 is 5.32 Å². The zero-order valence-corrected chi connectivity index (χ0v) is 15.0. The van der Waals surface area contributed by atoms with E-state index in [1.807, 2.05) is 42.0 Å². The van der Waals surface area contributed by atoms with E-state index in [4.69, 9.17) is 0 Å². The SMILES string of the molecule is CC(NC(=O)N1CCC(c2nccn2C)C1)c1cnc2n1CCCC2. The van der Waals surface area contributed by atoms with Gasteiger partial charge in [0.15, 0.2) is 0 Å². The van der Waals surface area contributed by atoms with Crippen molar-refractivity contribution >= 4 is 6.03 Å². The highest BCUT2D eigenvalue weighted by Gasteiger charge is 2.30. The number of nitrogens with one attached hydrogen (secondary N) is 1. The number of carbonyl (C=O) groups is 1. The molecule has 4 rings (SSSR count). The quantitative estimate of drug-likeness (QED) is 0.930. The molecule has 0 radical (unpaired) electrons. The zero-order valence-electron chi connectivity index (χ0n) is 15.0. The number of hydrogen-bond donors (Lipinski definition) is 1. The molecule has 2 amide bonds. The first-order valence-electron chi connectivity index (χ1n) is 9.20. The molecule has 2 unspecified atom stereocenters. The number of aromatic nitrogens is 4. The number of imidazole rings is 2. The average Bonchev–Trinajstić information content (AvgIpc) is 3.33. The van der Waals surface area contributed by atoms with Gasteiger partial charge in [0, 0.05) is 51.4 Å². The maximum absolute atomic E-state index is 12.7. The lowest BCUT2D eigenvalue weighted by molar-refractivity contribution is 0.204. The molecular weight excluding hydrogens is 316 g/mol. The van der Waals surface area contributed by atoms with Gasteiger partial charge in [-0.15, -0.1) is 0 Å². The highest BCUT2D eigenvalue weighted by Crippen LogP contribution is 2.26. The second kappa shape index (κ2) is 6.54. The summed E-state index contributed by atoms with van der Waals surface area (Å²) in [6, 6.07) is -0.0189. The number of fused-ring (bicyclic) bond motifs is 1. The Morgan fingerprint density at radius 2 is 2.20 bits per heavy atom. The van der Waals surface area contributed by atoms with Crippen molar-refractivity contribution in [1.29, 1.82) is 0 Å². The molecule has 0 aromatic carbocycles. The molecule has 0 bridgehead atoms. The van der Waals surface area contributed by atoms with Crippen molar-refractivity contribution in [3.8, 4) is 0 Å². The molecule has 0 aliphatic carbocycles. The Hall–Kier alpha value is -2.31. The molecule has 25 heavy (non-hydrogen) atoms. The van der Waals surface area contributed by atoms with Gasteiger partial charge in [0.05, 0.1) is 17.9 Å². The van der Waals surface area contributed by atoms with E-state index >= 15 is 0 Å². The van der Waals surface area contributed by atoms with E-state index in [-0.39, 0.29) is 12.1 Å². The standard InChI is InChI=1S/C18H26N6O/c1-13(15-11-20-16-5-3-4-8-24(15)16)21-18(25)23-9-6-14(12-23)17-19-7-10-22(17)2/h7,10-11,13-14H,3-6,8-9,12H2,1-2H3,(H,21,25).